The van der Waals surface area contributed by atoms with E-state index in [2.05, 4.69) is 41.8 Å². The van der Waals surface area contributed by atoms with E-state index in [4.69, 9.17) is 9.47 Å². The summed E-state index contributed by atoms with van der Waals surface area (Å²) in [6, 6.07) is 0.893. The van der Waals surface area contributed by atoms with Gasteiger partial charge in [0, 0.05) is 24.8 Å². The highest BCUT2D eigenvalue weighted by Crippen LogP contribution is 2.17. The van der Waals surface area contributed by atoms with Crippen LogP contribution in [0.15, 0.2) is 10.9 Å². The second-order valence-electron chi connectivity index (χ2n) is 7.20. The Morgan fingerprint density at radius 2 is 1.68 bits per heavy atom. The molecule has 0 spiro atoms. The standard InChI is InChI=1S/C19H30BrN5O6/c1-13-12-14(26)24-16(23-13)25-17(28)21-8-6-4-5-7-9-22-18(29)31-11-10-30-15(27)19(2,3)20/h12H,4-11H2,1-3H3,(H,22,29)(H3,21,23,24,25,26,28). The van der Waals surface area contributed by atoms with Crippen molar-refractivity contribution in [1.29, 1.82) is 0 Å². The summed E-state index contributed by atoms with van der Waals surface area (Å²) in [6.07, 6.45) is 2.71. The summed E-state index contributed by atoms with van der Waals surface area (Å²) in [5.74, 6) is -0.323. The normalized spacial score (nSPS) is 10.8. The third-order valence-corrected chi connectivity index (χ3v) is 4.12. The van der Waals surface area contributed by atoms with Gasteiger partial charge >= 0.3 is 18.1 Å². The molecule has 0 fully saturated rings. The van der Waals surface area contributed by atoms with E-state index in [0.29, 0.717) is 18.8 Å². The molecule has 1 heterocycles. The lowest BCUT2D eigenvalue weighted by Crippen LogP contribution is -2.31. The Hall–Kier alpha value is -2.63. The summed E-state index contributed by atoms with van der Waals surface area (Å²) >= 11 is 3.18. The fourth-order valence-corrected chi connectivity index (χ4v) is 2.39. The molecule has 0 unspecified atom stereocenters. The number of hydrogen-bond acceptors (Lipinski definition) is 7. The van der Waals surface area contributed by atoms with Crippen LogP contribution < -0.4 is 21.5 Å². The molecule has 0 aliphatic heterocycles. The van der Waals surface area contributed by atoms with Crippen LogP contribution in [-0.2, 0) is 14.3 Å². The summed E-state index contributed by atoms with van der Waals surface area (Å²) in [6.45, 7) is 5.92. The average Bonchev–Trinajstić information content (AvgIpc) is 2.65. The number of carbonyl (C=O) groups is 3. The number of ether oxygens (including phenoxy) is 2. The van der Waals surface area contributed by atoms with Crippen LogP contribution >= 0.6 is 15.9 Å². The molecule has 11 nitrogen and oxygen atoms in total. The molecular weight excluding hydrogens is 474 g/mol. The topological polar surface area (TPSA) is 152 Å². The number of anilines is 1. The van der Waals surface area contributed by atoms with Crippen molar-refractivity contribution < 1.29 is 23.9 Å². The Morgan fingerprint density at radius 1 is 1.06 bits per heavy atom. The number of urea groups is 1. The maximum atomic E-state index is 11.8. The Balaban J connectivity index is 1.99. The van der Waals surface area contributed by atoms with Gasteiger partial charge in [0.2, 0.25) is 5.95 Å². The molecule has 12 heteroatoms. The van der Waals surface area contributed by atoms with Crippen molar-refractivity contribution >= 4 is 40.0 Å². The summed E-state index contributed by atoms with van der Waals surface area (Å²) in [5, 5.41) is 7.78. The summed E-state index contributed by atoms with van der Waals surface area (Å²) in [7, 11) is 0. The molecule has 0 atom stereocenters. The highest BCUT2D eigenvalue weighted by atomic mass is 79.9. The number of unbranched alkanes of at least 4 members (excludes halogenated alkanes) is 3. The molecule has 3 amide bonds. The number of nitrogens with zero attached hydrogens (tertiary/aromatic N) is 1. The first-order chi connectivity index (χ1) is 14.6. The molecule has 1 aromatic rings. The number of esters is 1. The molecule has 0 bridgehead atoms. The zero-order valence-electron chi connectivity index (χ0n) is 18.0. The maximum absolute atomic E-state index is 11.8. The summed E-state index contributed by atoms with van der Waals surface area (Å²) < 4.78 is 9.10. The fraction of sp³-hybridized carbons (Fsp3) is 0.632. The van der Waals surface area contributed by atoms with Gasteiger partial charge in [0.15, 0.2) is 0 Å². The lowest BCUT2D eigenvalue weighted by molar-refractivity contribution is -0.146. The predicted octanol–water partition coefficient (Wildman–Crippen LogP) is 2.20. The second kappa shape index (κ2) is 13.6. The number of rotatable bonds is 12. The van der Waals surface area contributed by atoms with E-state index in [1.54, 1.807) is 20.8 Å². The summed E-state index contributed by atoms with van der Waals surface area (Å²) in [5.41, 5.74) is 0.182. The van der Waals surface area contributed by atoms with E-state index in [0.717, 1.165) is 25.7 Å². The van der Waals surface area contributed by atoms with Crippen molar-refractivity contribution in [3.8, 4) is 0 Å². The quantitative estimate of drug-likeness (QED) is 0.194. The van der Waals surface area contributed by atoms with E-state index in [1.807, 2.05) is 0 Å². The lowest BCUT2D eigenvalue weighted by atomic mass is 10.2. The molecule has 0 aliphatic carbocycles. The van der Waals surface area contributed by atoms with Crippen LogP contribution in [0.25, 0.3) is 0 Å². The molecule has 31 heavy (non-hydrogen) atoms. The summed E-state index contributed by atoms with van der Waals surface area (Å²) in [4.78, 5) is 52.6. The van der Waals surface area contributed by atoms with Crippen LogP contribution in [0.3, 0.4) is 0 Å². The second-order valence-corrected chi connectivity index (χ2v) is 9.18. The number of amides is 3. The first kappa shape index (κ1) is 26.4. The number of aryl methyl sites for hydroxylation is 1. The van der Waals surface area contributed by atoms with Gasteiger partial charge in [-0.25, -0.2) is 14.6 Å². The number of aromatic nitrogens is 2. The zero-order chi connectivity index (χ0) is 23.3. The Morgan fingerprint density at radius 3 is 2.29 bits per heavy atom. The minimum Gasteiger partial charge on any atom is -0.461 e. The van der Waals surface area contributed by atoms with E-state index in [-0.39, 0.29) is 24.7 Å². The van der Waals surface area contributed by atoms with Gasteiger partial charge in [-0.05, 0) is 33.6 Å². The number of carbonyl (C=O) groups excluding carboxylic acids is 3. The average molecular weight is 504 g/mol. The molecule has 4 N–H and O–H groups in total. The van der Waals surface area contributed by atoms with Crippen molar-refractivity contribution in [3.63, 3.8) is 0 Å². The van der Waals surface area contributed by atoms with E-state index in [1.165, 1.54) is 6.07 Å². The number of H-pyrrole nitrogens is 1. The number of alkyl carbamates (subject to hydrolysis) is 1. The highest BCUT2D eigenvalue weighted by Gasteiger charge is 2.25. The minimum absolute atomic E-state index is 0.00210. The van der Waals surface area contributed by atoms with Gasteiger partial charge in [-0.1, -0.05) is 28.8 Å². The van der Waals surface area contributed by atoms with Crippen molar-refractivity contribution in [2.45, 2.75) is 50.8 Å². The first-order valence-electron chi connectivity index (χ1n) is 9.97. The largest absolute Gasteiger partial charge is 0.461 e. The smallest absolute Gasteiger partial charge is 0.407 e. The van der Waals surface area contributed by atoms with Crippen molar-refractivity contribution in [3.05, 3.63) is 22.1 Å². The number of halogens is 1. The van der Waals surface area contributed by atoms with Gasteiger partial charge in [0.25, 0.3) is 5.56 Å². The van der Waals surface area contributed by atoms with Crippen LogP contribution in [0.4, 0.5) is 15.5 Å². The molecule has 0 radical (unpaired) electrons. The first-order valence-corrected chi connectivity index (χ1v) is 10.8. The Bertz CT molecular complexity index is 793. The van der Waals surface area contributed by atoms with Crippen LogP contribution in [0.2, 0.25) is 0 Å². The van der Waals surface area contributed by atoms with Crippen molar-refractivity contribution in [1.82, 2.24) is 20.6 Å². The van der Waals surface area contributed by atoms with Gasteiger partial charge in [-0.2, -0.15) is 0 Å². The van der Waals surface area contributed by atoms with Gasteiger partial charge < -0.3 is 20.1 Å². The Kier molecular flexibility index (Phi) is 11.6. The van der Waals surface area contributed by atoms with Crippen LogP contribution in [0.5, 0.6) is 0 Å². The number of aromatic amines is 1. The van der Waals surface area contributed by atoms with Gasteiger partial charge in [0.05, 0.1) is 0 Å². The third kappa shape index (κ3) is 12.6. The van der Waals surface area contributed by atoms with Crippen molar-refractivity contribution in [2.75, 3.05) is 31.6 Å². The molecule has 174 valence electrons. The minimum atomic E-state index is -0.771. The van der Waals surface area contributed by atoms with Crippen molar-refractivity contribution in [2.24, 2.45) is 0 Å². The Labute approximate surface area is 189 Å². The van der Waals surface area contributed by atoms with Crippen LogP contribution in [0, 0.1) is 6.92 Å². The molecule has 1 rings (SSSR count). The van der Waals surface area contributed by atoms with Gasteiger partial charge in [0.1, 0.15) is 17.5 Å². The van der Waals surface area contributed by atoms with E-state index in [9.17, 15) is 19.2 Å². The van der Waals surface area contributed by atoms with Crippen LogP contribution in [0.1, 0.15) is 45.2 Å². The predicted molar refractivity (Wildman–Crippen MR) is 118 cm³/mol. The maximum Gasteiger partial charge on any atom is 0.407 e. The fourth-order valence-electron chi connectivity index (χ4n) is 2.28. The SMILES string of the molecule is Cc1cc(=O)[nH]c(NC(=O)NCCCCCCNC(=O)OCCOC(=O)C(C)(C)Br)n1. The molecule has 0 aromatic carbocycles. The van der Waals surface area contributed by atoms with Crippen LogP contribution in [-0.4, -0.2) is 58.7 Å². The molecule has 0 aliphatic rings. The monoisotopic (exact) mass is 503 g/mol. The molecule has 1 aromatic heterocycles. The molecule has 0 saturated carbocycles. The van der Waals surface area contributed by atoms with E-state index < -0.39 is 22.4 Å². The third-order valence-electron chi connectivity index (χ3n) is 3.80. The van der Waals surface area contributed by atoms with Gasteiger partial charge in [-0.15, -0.1) is 0 Å². The lowest BCUT2D eigenvalue weighted by Gasteiger charge is -2.14. The highest BCUT2D eigenvalue weighted by molar-refractivity contribution is 9.10. The molecular formula is C19H30BrN5O6. The zero-order valence-corrected chi connectivity index (χ0v) is 19.6. The number of alkyl halides is 1. The number of hydrogen-bond donors (Lipinski definition) is 4. The van der Waals surface area contributed by atoms with Gasteiger partial charge in [-0.3, -0.25) is 19.9 Å². The number of nitrogens with one attached hydrogen (secondary N) is 4. The van der Waals surface area contributed by atoms with E-state index >= 15 is 0 Å². The molecule has 0 saturated heterocycles.